The molecule has 0 aromatic carbocycles. The van der Waals surface area contributed by atoms with Crippen molar-refractivity contribution in [2.24, 2.45) is 0 Å². The van der Waals surface area contributed by atoms with Gasteiger partial charge in [0.2, 0.25) is 0 Å². The van der Waals surface area contributed by atoms with Crippen LogP contribution < -0.4 is 18.6 Å². The Labute approximate surface area is 83.8 Å². The molecule has 0 saturated heterocycles. The summed E-state index contributed by atoms with van der Waals surface area (Å²) >= 11 is 0. The largest absolute Gasteiger partial charge is 1.00 e. The van der Waals surface area contributed by atoms with Crippen molar-refractivity contribution in [2.45, 2.75) is 13.8 Å². The maximum atomic E-state index is 8.49. The predicted molar refractivity (Wildman–Crippen MR) is 27.8 cm³/mol. The first-order valence-corrected chi connectivity index (χ1v) is 3.27. The predicted octanol–water partition coefficient (Wildman–Crippen LogP) is -3.46. The quantitative estimate of drug-likeness (QED) is 0.419. The van der Waals surface area contributed by atoms with Gasteiger partial charge in [0, 0.05) is 0 Å². The van der Waals surface area contributed by atoms with Gasteiger partial charge in [-0.05, 0) is 0 Å². The van der Waals surface area contributed by atoms with Crippen LogP contribution in [0.4, 0.5) is 0 Å². The number of hydrogen-bond donors (Lipinski definition) is 0. The first-order valence-electron chi connectivity index (χ1n) is 2.03. The topological polar surface area (TPSA) is 92.2 Å². The smallest absolute Gasteiger partial charge is 0.222 e. The third-order valence-corrected chi connectivity index (χ3v) is 0. The molecule has 0 N–H and O–H groups in total. The van der Waals surface area contributed by atoms with Crippen molar-refractivity contribution in [2.75, 3.05) is 0 Å². The van der Waals surface area contributed by atoms with E-state index in [9.17, 15) is 0 Å². The summed E-state index contributed by atoms with van der Waals surface area (Å²) in [6.07, 6.45) is 0. The fraction of sp³-hybridized carbons (Fsp3) is 0.500. The normalized spacial score (nSPS) is 7.20. The molecule has 10 heavy (non-hydrogen) atoms. The third kappa shape index (κ3) is 530. The van der Waals surface area contributed by atoms with Crippen LogP contribution in [0.2, 0.25) is 0 Å². The molecule has 0 aliphatic heterocycles. The van der Waals surface area contributed by atoms with Crippen LogP contribution in [-0.4, -0.2) is 27.3 Å². The molecule has 0 atom stereocenters. The fourth-order valence-corrected chi connectivity index (χ4v) is 0. The summed E-state index contributed by atoms with van der Waals surface area (Å²) in [6, 6.07) is 0. The van der Waals surface area contributed by atoms with E-state index in [0.717, 1.165) is 0 Å². The average Bonchev–Trinajstić information content (AvgIpc) is 1.72. The third-order valence-electron chi connectivity index (χ3n) is 0. The summed E-state index contributed by atoms with van der Waals surface area (Å²) < 4.78 is 34.0. The first-order chi connectivity index (χ1) is 4.00. The van der Waals surface area contributed by atoms with Crippen molar-refractivity contribution >= 4 is 27.3 Å². The van der Waals surface area contributed by atoms with Crippen molar-refractivity contribution in [1.82, 2.24) is 0 Å². The summed E-state index contributed by atoms with van der Waals surface area (Å²) in [6.45, 7) is 10.0. The standard InChI is InChI=1S/2C2H5.ClHO4.Tl/c2*1-2;2-1(3,4)5;/h2*1H2,2H3;(H,2,3,4,5);/q;;;+1/p-1. The summed E-state index contributed by atoms with van der Waals surface area (Å²) in [5.41, 5.74) is 0. The second kappa shape index (κ2) is 16.6. The summed E-state index contributed by atoms with van der Waals surface area (Å²) in [5, 5.41) is 0. The van der Waals surface area contributed by atoms with Crippen molar-refractivity contribution in [1.29, 1.82) is 0 Å². The van der Waals surface area contributed by atoms with Crippen molar-refractivity contribution in [3.63, 3.8) is 0 Å². The Bertz CT molecular complexity index is 32.7. The maximum Gasteiger partial charge on any atom is 1.00 e. The Hall–Kier alpha value is 1.05. The monoisotopic (exact) mass is 362 g/mol. The van der Waals surface area contributed by atoms with E-state index in [4.69, 9.17) is 18.6 Å². The Kier molecular flexibility index (Phi) is 37.2. The molecule has 60 valence electrons. The Morgan fingerprint density at radius 1 is 0.800 bits per heavy atom. The van der Waals surface area contributed by atoms with E-state index >= 15 is 0 Å². The molecule has 0 saturated carbocycles. The van der Waals surface area contributed by atoms with Gasteiger partial charge in [0.1, 0.15) is 0 Å². The number of rotatable bonds is 0. The minimum absolute atomic E-state index is 0. The molecule has 0 fully saturated rings. The average molecular weight is 362 g/mol. The molecular formula is C4H10ClO4Tl. The molecule has 0 amide bonds. The van der Waals surface area contributed by atoms with Gasteiger partial charge in [-0.2, -0.15) is 0 Å². The van der Waals surface area contributed by atoms with E-state index in [0.29, 0.717) is 0 Å². The summed E-state index contributed by atoms with van der Waals surface area (Å²) in [7, 11) is -4.94. The van der Waals surface area contributed by atoms with Gasteiger partial charge in [-0.25, -0.2) is 18.6 Å². The van der Waals surface area contributed by atoms with Crippen LogP contribution in [0.3, 0.4) is 0 Å². The molecule has 4 nitrogen and oxygen atoms in total. The molecule has 0 aliphatic rings. The van der Waals surface area contributed by atoms with E-state index in [2.05, 4.69) is 13.8 Å². The van der Waals surface area contributed by atoms with E-state index in [1.54, 1.807) is 13.8 Å². The molecule has 0 unspecified atom stereocenters. The zero-order valence-electron chi connectivity index (χ0n) is 6.00. The Morgan fingerprint density at radius 2 is 0.800 bits per heavy atom. The molecule has 0 spiro atoms. The van der Waals surface area contributed by atoms with Gasteiger partial charge in [-0.1, -0.05) is 27.7 Å². The van der Waals surface area contributed by atoms with Crippen molar-refractivity contribution < 1.29 is 28.9 Å². The Morgan fingerprint density at radius 3 is 0.800 bits per heavy atom. The van der Waals surface area contributed by atoms with Crippen LogP contribution >= 0.6 is 0 Å². The van der Waals surface area contributed by atoms with Crippen LogP contribution in [-0.2, 0) is 0 Å². The zero-order valence-corrected chi connectivity index (χ0v) is 11.2. The minimum Gasteiger partial charge on any atom is -0.222 e. The van der Waals surface area contributed by atoms with E-state index < -0.39 is 10.2 Å². The minimum atomic E-state index is -4.94. The number of hydrogen-bond acceptors (Lipinski definition) is 4. The molecule has 0 bridgehead atoms. The van der Waals surface area contributed by atoms with Gasteiger partial charge in [0.25, 0.3) is 0 Å². The van der Waals surface area contributed by atoms with E-state index in [-0.39, 0.29) is 27.3 Å². The van der Waals surface area contributed by atoms with Gasteiger partial charge in [-0.3, -0.25) is 0 Å². The molecule has 0 aromatic rings. The van der Waals surface area contributed by atoms with E-state index in [1.807, 2.05) is 0 Å². The summed E-state index contributed by atoms with van der Waals surface area (Å²) in [5.74, 6) is 0. The second-order valence-corrected chi connectivity index (χ2v) is 1.13. The zero-order chi connectivity index (χ0) is 8.50. The van der Waals surface area contributed by atoms with Crippen LogP contribution in [0.25, 0.3) is 0 Å². The molecule has 2 radical (unpaired) electrons. The van der Waals surface area contributed by atoms with Crippen LogP contribution in [0.5, 0.6) is 0 Å². The molecular weight excluding hydrogens is 352 g/mol. The Balaban J connectivity index is -0.0000000315. The fourth-order valence-electron chi connectivity index (χ4n) is 0. The molecule has 0 aromatic heterocycles. The molecule has 6 heteroatoms. The van der Waals surface area contributed by atoms with Gasteiger partial charge in [-0.15, -0.1) is 10.2 Å². The van der Waals surface area contributed by atoms with Crippen LogP contribution in [0.1, 0.15) is 13.8 Å². The first kappa shape index (κ1) is 22.5. The second-order valence-electron chi connectivity index (χ2n) is 0.378. The van der Waals surface area contributed by atoms with Crippen molar-refractivity contribution in [3.8, 4) is 0 Å². The number of halogens is 1. The van der Waals surface area contributed by atoms with Gasteiger partial charge in [0.15, 0.2) is 0 Å². The summed E-state index contributed by atoms with van der Waals surface area (Å²) in [4.78, 5) is 0. The van der Waals surface area contributed by atoms with Gasteiger partial charge in [0.05, 0.1) is 0 Å². The SMILES string of the molecule is [CH2]C.[CH2]C.[O-][Cl+3]([O-])([O-])[O-].[Tl+]. The molecule has 0 aliphatic carbocycles. The van der Waals surface area contributed by atoms with Crippen molar-refractivity contribution in [3.05, 3.63) is 13.8 Å². The van der Waals surface area contributed by atoms with Crippen LogP contribution in [0, 0.1) is 24.1 Å². The maximum absolute atomic E-state index is 8.49. The molecule has 0 heterocycles. The van der Waals surface area contributed by atoms with E-state index in [1.165, 1.54) is 0 Å². The van der Waals surface area contributed by atoms with Gasteiger partial charge < -0.3 is 0 Å². The van der Waals surface area contributed by atoms with Gasteiger partial charge >= 0.3 is 27.3 Å². The molecule has 0 rings (SSSR count). The van der Waals surface area contributed by atoms with Crippen LogP contribution in [0.15, 0.2) is 0 Å².